The molecule has 0 aliphatic heterocycles. The van der Waals surface area contributed by atoms with Crippen LogP contribution >= 0.6 is 0 Å². The lowest BCUT2D eigenvalue weighted by atomic mass is 9.84. The maximum absolute atomic E-state index is 13.5. The SMILES string of the molecule is CCCCCCCCCCc1ccc(-c2ccc(COc3ccc4c(c3)CCC(C(=O)OC(CCCCCC)C(F)(F)F)C4)cc2)cc1. The number of rotatable bonds is 20. The van der Waals surface area contributed by atoms with Crippen molar-refractivity contribution in [2.75, 3.05) is 0 Å². The molecule has 6 heteroatoms. The van der Waals surface area contributed by atoms with Gasteiger partial charge in [0.1, 0.15) is 12.4 Å². The normalized spacial score (nSPS) is 15.1. The van der Waals surface area contributed by atoms with Crippen molar-refractivity contribution in [3.8, 4) is 16.9 Å². The third-order valence-corrected chi connectivity index (χ3v) is 9.65. The van der Waals surface area contributed by atoms with E-state index in [9.17, 15) is 18.0 Å². The number of ether oxygens (including phenoxy) is 2. The van der Waals surface area contributed by atoms with Gasteiger partial charge in [-0.25, -0.2) is 0 Å². The second-order valence-corrected chi connectivity index (χ2v) is 13.6. The monoisotopic (exact) mass is 664 g/mol. The van der Waals surface area contributed by atoms with Crippen molar-refractivity contribution in [3.05, 3.63) is 89.0 Å². The van der Waals surface area contributed by atoms with Crippen LogP contribution in [0.25, 0.3) is 11.1 Å². The number of halogens is 3. The van der Waals surface area contributed by atoms with E-state index in [1.165, 1.54) is 68.1 Å². The van der Waals surface area contributed by atoms with Crippen LogP contribution < -0.4 is 4.74 Å². The Labute approximate surface area is 286 Å². The van der Waals surface area contributed by atoms with Crippen molar-refractivity contribution in [3.63, 3.8) is 0 Å². The molecule has 0 amide bonds. The molecule has 0 spiro atoms. The summed E-state index contributed by atoms with van der Waals surface area (Å²) in [7, 11) is 0. The van der Waals surface area contributed by atoms with Crippen LogP contribution in [-0.4, -0.2) is 18.2 Å². The van der Waals surface area contributed by atoms with Crippen molar-refractivity contribution in [1.29, 1.82) is 0 Å². The molecule has 4 rings (SSSR count). The zero-order chi connectivity index (χ0) is 34.2. The number of carbonyl (C=O) groups excluding carboxylic acids is 1. The number of alkyl halides is 3. The van der Waals surface area contributed by atoms with Gasteiger partial charge in [0.25, 0.3) is 0 Å². The summed E-state index contributed by atoms with van der Waals surface area (Å²) in [6, 6.07) is 23.2. The summed E-state index contributed by atoms with van der Waals surface area (Å²) in [4.78, 5) is 12.8. The topological polar surface area (TPSA) is 35.5 Å². The minimum Gasteiger partial charge on any atom is -0.489 e. The van der Waals surface area contributed by atoms with E-state index in [0.717, 1.165) is 41.7 Å². The molecule has 3 nitrogen and oxygen atoms in total. The van der Waals surface area contributed by atoms with Crippen LogP contribution in [0.3, 0.4) is 0 Å². The van der Waals surface area contributed by atoms with Crippen molar-refractivity contribution in [2.24, 2.45) is 5.92 Å². The average Bonchev–Trinajstić information content (AvgIpc) is 3.09. The second-order valence-electron chi connectivity index (χ2n) is 13.6. The van der Waals surface area contributed by atoms with Gasteiger partial charge in [-0.05, 0) is 90.5 Å². The van der Waals surface area contributed by atoms with Gasteiger partial charge < -0.3 is 9.47 Å². The van der Waals surface area contributed by atoms with Crippen LogP contribution in [0.5, 0.6) is 5.75 Å². The van der Waals surface area contributed by atoms with Gasteiger partial charge in [-0.2, -0.15) is 13.2 Å². The van der Waals surface area contributed by atoms with E-state index in [0.29, 0.717) is 38.7 Å². The van der Waals surface area contributed by atoms with Crippen LogP contribution in [0.4, 0.5) is 13.2 Å². The third kappa shape index (κ3) is 12.3. The van der Waals surface area contributed by atoms with Gasteiger partial charge in [-0.1, -0.05) is 133 Å². The molecule has 2 atom stereocenters. The summed E-state index contributed by atoms with van der Waals surface area (Å²) < 4.78 is 51.8. The molecule has 0 radical (unpaired) electrons. The number of benzene rings is 3. The first-order valence-electron chi connectivity index (χ1n) is 18.5. The van der Waals surface area contributed by atoms with Gasteiger partial charge in [-0.3, -0.25) is 4.79 Å². The highest BCUT2D eigenvalue weighted by Gasteiger charge is 2.43. The van der Waals surface area contributed by atoms with E-state index in [1.54, 1.807) is 0 Å². The number of carbonyl (C=O) groups is 1. The number of esters is 1. The highest BCUT2D eigenvalue weighted by molar-refractivity contribution is 5.73. The fourth-order valence-corrected chi connectivity index (χ4v) is 6.59. The number of unbranched alkanes of at least 4 members (excludes halogenated alkanes) is 10. The van der Waals surface area contributed by atoms with E-state index in [-0.39, 0.29) is 6.42 Å². The van der Waals surface area contributed by atoms with Crippen LogP contribution in [-0.2, 0) is 35.4 Å². The summed E-state index contributed by atoms with van der Waals surface area (Å²) in [6.07, 6.45) is 9.50. The molecule has 2 unspecified atom stereocenters. The minimum atomic E-state index is -4.54. The molecule has 0 aromatic heterocycles. The molecule has 48 heavy (non-hydrogen) atoms. The van der Waals surface area contributed by atoms with Crippen LogP contribution in [0.2, 0.25) is 0 Å². The maximum atomic E-state index is 13.5. The molecule has 0 fully saturated rings. The minimum absolute atomic E-state index is 0.172. The standard InChI is InChI=1S/C42H55F3O3/c1-3-5-7-9-10-11-12-13-15-32-17-21-34(22-18-32)35-23-19-33(20-24-35)31-47-39-28-27-36-29-38(26-25-37(36)30-39)41(46)48-40(42(43,44)45)16-14-8-6-4-2/h17-24,27-28,30,38,40H,3-16,25-26,29,31H2,1-2H3. The van der Waals surface area contributed by atoms with E-state index in [1.807, 2.05) is 25.1 Å². The number of aryl methyl sites for hydroxylation is 2. The van der Waals surface area contributed by atoms with Gasteiger partial charge in [0.2, 0.25) is 0 Å². The van der Waals surface area contributed by atoms with Crippen molar-refractivity contribution in [2.45, 2.75) is 142 Å². The first-order valence-corrected chi connectivity index (χ1v) is 18.5. The van der Waals surface area contributed by atoms with Crippen LogP contribution in [0.15, 0.2) is 66.7 Å². The zero-order valence-corrected chi connectivity index (χ0v) is 29.1. The highest BCUT2D eigenvalue weighted by Crippen LogP contribution is 2.33. The summed E-state index contributed by atoms with van der Waals surface area (Å²) >= 11 is 0. The Morgan fingerprint density at radius 3 is 1.94 bits per heavy atom. The predicted octanol–water partition coefficient (Wildman–Crippen LogP) is 12.2. The predicted molar refractivity (Wildman–Crippen MR) is 189 cm³/mol. The molecular formula is C42H55F3O3. The Bertz CT molecular complexity index is 1360. The van der Waals surface area contributed by atoms with E-state index in [2.05, 4.69) is 55.5 Å². The number of hydrogen-bond acceptors (Lipinski definition) is 3. The Kier molecular flexibility index (Phi) is 15.4. The zero-order valence-electron chi connectivity index (χ0n) is 29.1. The molecule has 0 N–H and O–H groups in total. The molecule has 0 bridgehead atoms. The van der Waals surface area contributed by atoms with E-state index >= 15 is 0 Å². The highest BCUT2D eigenvalue weighted by atomic mass is 19.4. The Morgan fingerprint density at radius 2 is 1.31 bits per heavy atom. The van der Waals surface area contributed by atoms with Gasteiger partial charge in [0.05, 0.1) is 5.92 Å². The molecule has 3 aromatic rings. The first-order chi connectivity index (χ1) is 23.3. The van der Waals surface area contributed by atoms with Gasteiger partial charge >= 0.3 is 12.1 Å². The van der Waals surface area contributed by atoms with Gasteiger partial charge in [0.15, 0.2) is 6.10 Å². The Balaban J connectivity index is 1.21. The quantitative estimate of drug-likeness (QED) is 0.0891. The van der Waals surface area contributed by atoms with Gasteiger partial charge in [0, 0.05) is 0 Å². The van der Waals surface area contributed by atoms with Crippen LogP contribution in [0, 0.1) is 5.92 Å². The molecular weight excluding hydrogens is 609 g/mol. The molecule has 0 heterocycles. The third-order valence-electron chi connectivity index (χ3n) is 9.65. The molecule has 0 saturated heterocycles. The number of hydrogen-bond donors (Lipinski definition) is 0. The summed E-state index contributed by atoms with van der Waals surface area (Å²) in [5.74, 6) is -0.554. The smallest absolute Gasteiger partial charge is 0.425 e. The van der Waals surface area contributed by atoms with Gasteiger partial charge in [-0.15, -0.1) is 0 Å². The Hall–Kier alpha value is -3.28. The molecule has 3 aromatic carbocycles. The second kappa shape index (κ2) is 19.7. The van der Waals surface area contributed by atoms with E-state index < -0.39 is 24.2 Å². The molecule has 0 saturated carbocycles. The first kappa shape index (κ1) is 37.5. The lowest BCUT2D eigenvalue weighted by Crippen LogP contribution is -2.37. The fourth-order valence-electron chi connectivity index (χ4n) is 6.59. The molecule has 262 valence electrons. The number of fused-ring (bicyclic) bond motifs is 1. The van der Waals surface area contributed by atoms with Crippen molar-refractivity contribution < 1.29 is 27.4 Å². The lowest BCUT2D eigenvalue weighted by Gasteiger charge is -2.27. The molecule has 1 aliphatic carbocycles. The Morgan fingerprint density at radius 1 is 0.729 bits per heavy atom. The lowest BCUT2D eigenvalue weighted by molar-refractivity contribution is -0.225. The van der Waals surface area contributed by atoms with Crippen molar-refractivity contribution >= 4 is 5.97 Å². The average molecular weight is 665 g/mol. The van der Waals surface area contributed by atoms with E-state index in [4.69, 9.17) is 9.47 Å². The summed E-state index contributed by atoms with van der Waals surface area (Å²) in [5.41, 5.74) is 6.90. The largest absolute Gasteiger partial charge is 0.489 e. The maximum Gasteiger partial charge on any atom is 0.425 e. The summed E-state index contributed by atoms with van der Waals surface area (Å²) in [5, 5.41) is 0. The summed E-state index contributed by atoms with van der Waals surface area (Å²) in [6.45, 7) is 4.70. The fraction of sp³-hybridized carbons (Fsp3) is 0.548. The van der Waals surface area contributed by atoms with Crippen molar-refractivity contribution in [1.82, 2.24) is 0 Å². The van der Waals surface area contributed by atoms with Crippen LogP contribution in [0.1, 0.15) is 126 Å². The molecule has 1 aliphatic rings.